The zero-order valence-electron chi connectivity index (χ0n) is 18.3. The normalized spacial score (nSPS) is 13.0. The summed E-state index contributed by atoms with van der Waals surface area (Å²) in [7, 11) is 0. The minimum Gasteiger partial charge on any atom is -0.331 e. The monoisotopic (exact) mass is 474 g/mol. The Labute approximate surface area is 193 Å². The molecule has 0 aliphatic heterocycles. The molecular weight excluding hydrogens is 452 g/mol. The molecule has 0 saturated heterocycles. The summed E-state index contributed by atoms with van der Waals surface area (Å²) in [6.45, 7) is 1.09. The van der Waals surface area contributed by atoms with E-state index in [4.69, 9.17) is 0 Å². The third kappa shape index (κ3) is 4.66. The minimum absolute atomic E-state index is 0.117. The summed E-state index contributed by atoms with van der Waals surface area (Å²) in [4.78, 5) is 25.3. The number of hydrogen-bond donors (Lipinski definition) is 1. The SMILES string of the molecule is CCN(Cc1cccc(NC(=O)c2nn(-c3ccccc3F)c3c2CCC3)c1)C(=O)C(F)(F)F. The molecule has 1 aromatic heterocycles. The Morgan fingerprint density at radius 2 is 1.88 bits per heavy atom. The predicted octanol–water partition coefficient (Wildman–Crippen LogP) is 4.66. The first-order valence-corrected chi connectivity index (χ1v) is 10.8. The van der Waals surface area contributed by atoms with Crippen LogP contribution in [0.4, 0.5) is 23.2 Å². The predicted molar refractivity (Wildman–Crippen MR) is 117 cm³/mol. The lowest BCUT2D eigenvalue weighted by molar-refractivity contribution is -0.185. The number of hydrogen-bond acceptors (Lipinski definition) is 3. The van der Waals surface area contributed by atoms with Crippen molar-refractivity contribution in [1.29, 1.82) is 0 Å². The van der Waals surface area contributed by atoms with Crippen LogP contribution in [0.25, 0.3) is 5.69 Å². The highest BCUT2D eigenvalue weighted by atomic mass is 19.4. The Kier molecular flexibility index (Phi) is 6.41. The van der Waals surface area contributed by atoms with E-state index >= 15 is 0 Å². The van der Waals surface area contributed by atoms with E-state index in [9.17, 15) is 27.2 Å². The van der Waals surface area contributed by atoms with Gasteiger partial charge in [-0.2, -0.15) is 18.3 Å². The topological polar surface area (TPSA) is 67.2 Å². The van der Waals surface area contributed by atoms with Gasteiger partial charge in [-0.1, -0.05) is 24.3 Å². The van der Waals surface area contributed by atoms with Gasteiger partial charge < -0.3 is 10.2 Å². The van der Waals surface area contributed by atoms with Crippen molar-refractivity contribution in [3.63, 3.8) is 0 Å². The molecule has 4 rings (SSSR count). The van der Waals surface area contributed by atoms with E-state index in [0.717, 1.165) is 17.7 Å². The molecule has 1 aliphatic carbocycles. The Bertz CT molecular complexity index is 1240. The van der Waals surface area contributed by atoms with Gasteiger partial charge in [0.05, 0.1) is 0 Å². The third-order valence-electron chi connectivity index (χ3n) is 5.70. The molecule has 2 aromatic carbocycles. The Balaban J connectivity index is 1.56. The summed E-state index contributed by atoms with van der Waals surface area (Å²) >= 11 is 0. The Morgan fingerprint density at radius 3 is 2.59 bits per heavy atom. The maximum atomic E-state index is 14.3. The van der Waals surface area contributed by atoms with Gasteiger partial charge in [0.2, 0.25) is 0 Å². The first kappa shape index (κ1) is 23.5. The van der Waals surface area contributed by atoms with Crippen LogP contribution in [0.2, 0.25) is 0 Å². The average Bonchev–Trinajstić information content (AvgIpc) is 3.40. The van der Waals surface area contributed by atoms with Crippen molar-refractivity contribution in [2.45, 2.75) is 38.9 Å². The number of amides is 2. The van der Waals surface area contributed by atoms with E-state index < -0.39 is 23.8 Å². The lowest BCUT2D eigenvalue weighted by atomic mass is 10.1. The zero-order valence-corrected chi connectivity index (χ0v) is 18.3. The number of alkyl halides is 3. The van der Waals surface area contributed by atoms with Gasteiger partial charge in [-0.15, -0.1) is 0 Å². The number of aromatic nitrogens is 2. The fraction of sp³-hybridized carbons (Fsp3) is 0.292. The highest BCUT2D eigenvalue weighted by molar-refractivity contribution is 6.04. The number of anilines is 1. The molecule has 0 radical (unpaired) electrons. The lowest BCUT2D eigenvalue weighted by Gasteiger charge is -2.22. The third-order valence-corrected chi connectivity index (χ3v) is 5.70. The molecule has 0 fully saturated rings. The Morgan fingerprint density at radius 1 is 1.12 bits per heavy atom. The number of halogens is 4. The van der Waals surface area contributed by atoms with Gasteiger partial charge in [0, 0.05) is 30.0 Å². The van der Waals surface area contributed by atoms with Crippen LogP contribution in [-0.2, 0) is 24.2 Å². The second-order valence-corrected chi connectivity index (χ2v) is 7.96. The highest BCUT2D eigenvalue weighted by Crippen LogP contribution is 2.29. The van der Waals surface area contributed by atoms with Crippen LogP contribution < -0.4 is 5.32 Å². The summed E-state index contributed by atoms with van der Waals surface area (Å²) < 4.78 is 54.2. The molecule has 10 heteroatoms. The van der Waals surface area contributed by atoms with E-state index in [-0.39, 0.29) is 24.5 Å². The molecule has 178 valence electrons. The molecule has 0 bridgehead atoms. The number of benzene rings is 2. The fourth-order valence-corrected chi connectivity index (χ4v) is 4.11. The molecule has 0 saturated carbocycles. The number of carbonyl (C=O) groups excluding carboxylic acids is 2. The second-order valence-electron chi connectivity index (χ2n) is 7.96. The highest BCUT2D eigenvalue weighted by Gasteiger charge is 2.41. The molecular formula is C24H22F4N4O2. The maximum Gasteiger partial charge on any atom is 0.471 e. The molecule has 0 spiro atoms. The maximum absolute atomic E-state index is 14.3. The van der Waals surface area contributed by atoms with Crippen LogP contribution in [-0.4, -0.2) is 39.2 Å². The number of nitrogens with zero attached hydrogens (tertiary/aromatic N) is 3. The van der Waals surface area contributed by atoms with E-state index in [2.05, 4.69) is 10.4 Å². The van der Waals surface area contributed by atoms with Crippen molar-refractivity contribution < 1.29 is 27.2 Å². The lowest BCUT2D eigenvalue weighted by Crippen LogP contribution is -2.40. The van der Waals surface area contributed by atoms with Gasteiger partial charge in [-0.3, -0.25) is 9.59 Å². The number of fused-ring (bicyclic) bond motifs is 1. The summed E-state index contributed by atoms with van der Waals surface area (Å²) in [5.74, 6) is -2.86. The summed E-state index contributed by atoms with van der Waals surface area (Å²) in [6, 6.07) is 12.4. The van der Waals surface area contributed by atoms with Gasteiger partial charge in [0.1, 0.15) is 11.5 Å². The standard InChI is InChI=1S/C24H22F4N4O2/c1-2-31(23(34)24(26,27)28)14-15-7-5-8-16(13-15)29-22(33)21-17-9-6-12-19(17)32(30-21)20-11-4-3-10-18(20)25/h3-5,7-8,10-11,13H,2,6,9,12,14H2,1H3,(H,29,33). The van der Waals surface area contributed by atoms with Gasteiger partial charge in [0.25, 0.3) is 5.91 Å². The van der Waals surface area contributed by atoms with Gasteiger partial charge in [0.15, 0.2) is 5.69 Å². The molecule has 1 aliphatic rings. The number of nitrogens with one attached hydrogen (secondary N) is 1. The molecule has 0 unspecified atom stereocenters. The molecule has 0 atom stereocenters. The van der Waals surface area contributed by atoms with E-state index in [1.165, 1.54) is 23.7 Å². The summed E-state index contributed by atoms with van der Waals surface area (Å²) in [5, 5.41) is 7.10. The van der Waals surface area contributed by atoms with Crippen LogP contribution in [0.15, 0.2) is 48.5 Å². The number of para-hydroxylation sites is 1. The molecule has 6 nitrogen and oxygen atoms in total. The molecule has 1 N–H and O–H groups in total. The molecule has 1 heterocycles. The first-order chi connectivity index (χ1) is 16.2. The van der Waals surface area contributed by atoms with Gasteiger partial charge in [-0.05, 0) is 56.0 Å². The van der Waals surface area contributed by atoms with E-state index in [1.807, 2.05) is 0 Å². The van der Waals surface area contributed by atoms with Gasteiger partial charge >= 0.3 is 12.1 Å². The van der Waals surface area contributed by atoms with Gasteiger partial charge in [-0.25, -0.2) is 9.07 Å². The van der Waals surface area contributed by atoms with Crippen molar-refractivity contribution >= 4 is 17.5 Å². The van der Waals surface area contributed by atoms with Crippen LogP contribution in [0, 0.1) is 5.82 Å². The van der Waals surface area contributed by atoms with Crippen molar-refractivity contribution in [2.75, 3.05) is 11.9 Å². The van der Waals surface area contributed by atoms with E-state index in [1.54, 1.807) is 36.4 Å². The van der Waals surface area contributed by atoms with Crippen molar-refractivity contribution in [3.8, 4) is 5.69 Å². The number of rotatable bonds is 6. The zero-order chi connectivity index (χ0) is 24.5. The average molecular weight is 474 g/mol. The molecule has 2 amide bonds. The number of carbonyl (C=O) groups is 2. The Hall–Kier alpha value is -3.69. The molecule has 3 aromatic rings. The van der Waals surface area contributed by atoms with Crippen molar-refractivity contribution in [1.82, 2.24) is 14.7 Å². The smallest absolute Gasteiger partial charge is 0.331 e. The van der Waals surface area contributed by atoms with Crippen LogP contribution in [0.5, 0.6) is 0 Å². The largest absolute Gasteiger partial charge is 0.471 e. The van der Waals surface area contributed by atoms with Crippen LogP contribution >= 0.6 is 0 Å². The summed E-state index contributed by atoms with van der Waals surface area (Å²) in [6.07, 6.45) is -2.84. The first-order valence-electron chi connectivity index (χ1n) is 10.8. The summed E-state index contributed by atoms with van der Waals surface area (Å²) in [5.41, 5.74) is 2.77. The van der Waals surface area contributed by atoms with Crippen LogP contribution in [0.3, 0.4) is 0 Å². The van der Waals surface area contributed by atoms with Crippen LogP contribution in [0.1, 0.15) is 40.7 Å². The quantitative estimate of drug-likeness (QED) is 0.529. The van der Waals surface area contributed by atoms with Crippen molar-refractivity contribution in [2.24, 2.45) is 0 Å². The molecule has 34 heavy (non-hydrogen) atoms. The minimum atomic E-state index is -4.96. The second kappa shape index (κ2) is 9.28. The van der Waals surface area contributed by atoms with E-state index in [0.29, 0.717) is 29.0 Å². The van der Waals surface area contributed by atoms with Crippen molar-refractivity contribution in [3.05, 3.63) is 76.9 Å². The fourth-order valence-electron chi connectivity index (χ4n) is 4.11.